The third-order valence-corrected chi connectivity index (χ3v) is 5.79. The lowest BCUT2D eigenvalue weighted by Gasteiger charge is -2.33. The molecule has 2 aliphatic heterocycles. The molecule has 0 saturated carbocycles. The second kappa shape index (κ2) is 5.63. The number of fused-ring (bicyclic) bond motifs is 2. The van der Waals surface area contributed by atoms with E-state index in [1.165, 1.54) is 17.8 Å². The van der Waals surface area contributed by atoms with E-state index >= 15 is 0 Å². The Morgan fingerprint density at radius 1 is 1.39 bits per heavy atom. The van der Waals surface area contributed by atoms with Crippen LogP contribution in [-0.2, 0) is 6.42 Å². The third-order valence-electron chi connectivity index (χ3n) is 4.75. The Balaban J connectivity index is 1.70. The van der Waals surface area contributed by atoms with Crippen molar-refractivity contribution in [3.05, 3.63) is 17.3 Å². The fourth-order valence-corrected chi connectivity index (χ4v) is 4.94. The van der Waals surface area contributed by atoms with Crippen LogP contribution in [0.25, 0.3) is 10.2 Å². The number of nitrogens with zero attached hydrogens (tertiary/aromatic N) is 3. The molecule has 2 aromatic rings. The highest BCUT2D eigenvalue weighted by Gasteiger charge is 2.37. The quantitative estimate of drug-likeness (QED) is 0.933. The highest BCUT2D eigenvalue weighted by molar-refractivity contribution is 7.18. The van der Waals surface area contributed by atoms with Crippen LogP contribution in [0.3, 0.4) is 0 Å². The Morgan fingerprint density at radius 2 is 2.26 bits per heavy atom. The minimum atomic E-state index is -2.69. The molecule has 23 heavy (non-hydrogen) atoms. The van der Waals surface area contributed by atoms with Crippen LogP contribution in [0.1, 0.15) is 31.1 Å². The molecule has 7 heteroatoms. The van der Waals surface area contributed by atoms with Gasteiger partial charge in [0.2, 0.25) is 5.92 Å². The smallest absolute Gasteiger partial charge is 0.250 e. The molecule has 0 aromatic carbocycles. The molecule has 2 aliphatic rings. The summed E-state index contributed by atoms with van der Waals surface area (Å²) in [7, 11) is 0. The van der Waals surface area contributed by atoms with E-state index in [2.05, 4.69) is 20.2 Å². The van der Waals surface area contributed by atoms with Crippen molar-refractivity contribution in [2.75, 3.05) is 18.0 Å². The van der Waals surface area contributed by atoms with Gasteiger partial charge in [-0.2, -0.15) is 0 Å². The van der Waals surface area contributed by atoms with E-state index in [1.807, 2.05) is 6.07 Å². The predicted molar refractivity (Wildman–Crippen MR) is 88.5 cm³/mol. The Kier molecular flexibility index (Phi) is 3.72. The number of anilines is 1. The summed E-state index contributed by atoms with van der Waals surface area (Å²) in [6, 6.07) is 2.83. The van der Waals surface area contributed by atoms with Crippen molar-refractivity contribution in [2.45, 2.75) is 50.6 Å². The monoisotopic (exact) mass is 338 g/mol. The summed E-state index contributed by atoms with van der Waals surface area (Å²) in [6.07, 6.45) is 4.77. The number of halogens is 2. The maximum Gasteiger partial charge on any atom is 0.250 e. The molecule has 0 bridgehead atoms. The molecule has 2 fully saturated rings. The molecule has 0 aliphatic carbocycles. The van der Waals surface area contributed by atoms with E-state index in [9.17, 15) is 8.78 Å². The number of piperidine rings is 1. The van der Waals surface area contributed by atoms with Crippen LogP contribution in [-0.4, -0.2) is 41.1 Å². The Labute approximate surface area is 137 Å². The summed E-state index contributed by atoms with van der Waals surface area (Å²) in [6.45, 7) is 3.01. The summed E-state index contributed by atoms with van der Waals surface area (Å²) in [5.41, 5.74) is 0. The zero-order valence-corrected chi connectivity index (χ0v) is 13.9. The fourth-order valence-electron chi connectivity index (χ4n) is 3.83. The molecule has 2 saturated heterocycles. The van der Waals surface area contributed by atoms with Gasteiger partial charge in [0.1, 0.15) is 17.0 Å². The van der Waals surface area contributed by atoms with Gasteiger partial charge in [-0.15, -0.1) is 11.3 Å². The Morgan fingerprint density at radius 3 is 3.09 bits per heavy atom. The van der Waals surface area contributed by atoms with Crippen molar-refractivity contribution in [1.29, 1.82) is 0 Å². The van der Waals surface area contributed by atoms with Gasteiger partial charge in [-0.05, 0) is 38.8 Å². The van der Waals surface area contributed by atoms with Gasteiger partial charge in [0.25, 0.3) is 0 Å². The third kappa shape index (κ3) is 2.92. The largest absolute Gasteiger partial charge is 0.351 e. The first kappa shape index (κ1) is 15.2. The van der Waals surface area contributed by atoms with Crippen molar-refractivity contribution in [2.24, 2.45) is 0 Å². The SMILES string of the molecule is CC(F)(F)Cc1cc2c(N3CCC4NCCCC43)ncnc2s1. The van der Waals surface area contributed by atoms with Crippen molar-refractivity contribution in [3.8, 4) is 0 Å². The van der Waals surface area contributed by atoms with Gasteiger partial charge in [-0.1, -0.05) is 0 Å². The molecule has 0 radical (unpaired) electrons. The predicted octanol–water partition coefficient (Wildman–Crippen LogP) is 3.22. The summed E-state index contributed by atoms with van der Waals surface area (Å²) in [5, 5.41) is 4.50. The van der Waals surface area contributed by atoms with Crippen LogP contribution in [0.15, 0.2) is 12.4 Å². The summed E-state index contributed by atoms with van der Waals surface area (Å²) >= 11 is 1.35. The maximum absolute atomic E-state index is 13.3. The zero-order chi connectivity index (χ0) is 16.0. The molecule has 0 spiro atoms. The second-order valence-electron chi connectivity index (χ2n) is 6.63. The lowest BCUT2D eigenvalue weighted by molar-refractivity contribution is 0.0235. The number of hydrogen-bond acceptors (Lipinski definition) is 5. The highest BCUT2D eigenvalue weighted by atomic mass is 32.1. The number of hydrogen-bond donors (Lipinski definition) is 1. The molecule has 1 N–H and O–H groups in total. The lowest BCUT2D eigenvalue weighted by atomic mass is 9.99. The van der Waals surface area contributed by atoms with Gasteiger partial charge in [0, 0.05) is 29.9 Å². The van der Waals surface area contributed by atoms with Crippen LogP contribution in [0, 0.1) is 0 Å². The highest BCUT2D eigenvalue weighted by Crippen LogP contribution is 2.37. The Bertz CT molecular complexity index is 712. The van der Waals surface area contributed by atoms with E-state index < -0.39 is 5.92 Å². The van der Waals surface area contributed by atoms with Crippen molar-refractivity contribution in [1.82, 2.24) is 15.3 Å². The molecule has 2 atom stereocenters. The molecule has 4 heterocycles. The first-order valence-corrected chi connectivity index (χ1v) is 8.94. The lowest BCUT2D eigenvalue weighted by Crippen LogP contribution is -2.47. The number of nitrogens with one attached hydrogen (secondary N) is 1. The Hall–Kier alpha value is -1.34. The molecule has 2 aromatic heterocycles. The van der Waals surface area contributed by atoms with E-state index in [0.29, 0.717) is 17.0 Å². The van der Waals surface area contributed by atoms with Crippen molar-refractivity contribution in [3.63, 3.8) is 0 Å². The number of thiophene rings is 1. The van der Waals surface area contributed by atoms with Gasteiger partial charge >= 0.3 is 0 Å². The topological polar surface area (TPSA) is 41.0 Å². The van der Waals surface area contributed by atoms with Crippen LogP contribution in [0.2, 0.25) is 0 Å². The van der Waals surface area contributed by atoms with E-state index in [1.54, 1.807) is 6.33 Å². The van der Waals surface area contributed by atoms with Crippen LogP contribution in [0.4, 0.5) is 14.6 Å². The van der Waals surface area contributed by atoms with Crippen LogP contribution < -0.4 is 10.2 Å². The normalized spacial score (nSPS) is 25.1. The molecule has 0 amide bonds. The summed E-state index contributed by atoms with van der Waals surface area (Å²) in [5.74, 6) is -1.78. The van der Waals surface area contributed by atoms with Gasteiger partial charge in [0.05, 0.1) is 5.39 Å². The molecule has 124 valence electrons. The standard InChI is InChI=1S/C16H20F2N4S/c1-16(17,18)8-10-7-11-14(20-9-21-15(11)23-10)22-6-4-12-13(22)3-2-5-19-12/h7,9,12-13,19H,2-6,8H2,1H3. The summed E-state index contributed by atoms with van der Waals surface area (Å²) < 4.78 is 26.6. The molecular formula is C16H20F2N4S. The average molecular weight is 338 g/mol. The molecule has 4 rings (SSSR count). The number of rotatable bonds is 3. The number of alkyl halides is 2. The summed E-state index contributed by atoms with van der Waals surface area (Å²) in [4.78, 5) is 12.6. The average Bonchev–Trinajstić information content (AvgIpc) is 3.08. The van der Waals surface area contributed by atoms with E-state index in [-0.39, 0.29) is 6.42 Å². The van der Waals surface area contributed by atoms with Crippen LogP contribution in [0.5, 0.6) is 0 Å². The maximum atomic E-state index is 13.3. The fraction of sp³-hybridized carbons (Fsp3) is 0.625. The molecular weight excluding hydrogens is 318 g/mol. The number of aromatic nitrogens is 2. The minimum Gasteiger partial charge on any atom is -0.351 e. The first-order valence-electron chi connectivity index (χ1n) is 8.12. The molecule has 4 nitrogen and oxygen atoms in total. The first-order chi connectivity index (χ1) is 11.0. The van der Waals surface area contributed by atoms with Crippen molar-refractivity contribution < 1.29 is 8.78 Å². The molecule has 2 unspecified atom stereocenters. The van der Waals surface area contributed by atoms with Gasteiger partial charge in [-0.25, -0.2) is 18.7 Å². The van der Waals surface area contributed by atoms with Crippen molar-refractivity contribution >= 4 is 27.4 Å². The zero-order valence-electron chi connectivity index (χ0n) is 13.1. The van der Waals surface area contributed by atoms with E-state index in [0.717, 1.165) is 48.9 Å². The van der Waals surface area contributed by atoms with Crippen LogP contribution >= 0.6 is 11.3 Å². The van der Waals surface area contributed by atoms with Gasteiger partial charge in [-0.3, -0.25) is 0 Å². The minimum absolute atomic E-state index is 0.235. The second-order valence-corrected chi connectivity index (χ2v) is 7.74. The van der Waals surface area contributed by atoms with E-state index in [4.69, 9.17) is 0 Å². The van der Waals surface area contributed by atoms with Gasteiger partial charge < -0.3 is 10.2 Å². The van der Waals surface area contributed by atoms with Gasteiger partial charge in [0.15, 0.2) is 0 Å².